The molecule has 0 saturated carbocycles. The third-order valence-electron chi connectivity index (χ3n) is 3.27. The van der Waals surface area contributed by atoms with Gasteiger partial charge in [0.2, 0.25) is 0 Å². The van der Waals surface area contributed by atoms with E-state index in [0.717, 1.165) is 29.0 Å². The summed E-state index contributed by atoms with van der Waals surface area (Å²) in [7, 11) is 1.72. The summed E-state index contributed by atoms with van der Waals surface area (Å²) in [5.41, 5.74) is 7.51. The van der Waals surface area contributed by atoms with Gasteiger partial charge in [-0.3, -0.25) is 0 Å². The van der Waals surface area contributed by atoms with Crippen molar-refractivity contribution in [1.82, 2.24) is 4.98 Å². The zero-order valence-corrected chi connectivity index (χ0v) is 11.8. The smallest absolute Gasteiger partial charge is 0.129 e. The number of fused-ring (bicyclic) bond motifs is 1. The predicted molar refractivity (Wildman–Crippen MR) is 80.5 cm³/mol. The van der Waals surface area contributed by atoms with Crippen LogP contribution < -0.4 is 10.6 Å². The predicted octanol–water partition coefficient (Wildman–Crippen LogP) is 2.68. The lowest BCUT2D eigenvalue weighted by Gasteiger charge is -2.28. The first-order chi connectivity index (χ1) is 9.15. The molecule has 0 aliphatic heterocycles. The molecule has 1 aromatic carbocycles. The highest BCUT2D eigenvalue weighted by Crippen LogP contribution is 2.21. The topological polar surface area (TPSA) is 51.4 Å². The second-order valence-corrected chi connectivity index (χ2v) is 4.71. The van der Waals surface area contributed by atoms with Gasteiger partial charge in [-0.2, -0.15) is 0 Å². The number of likely N-dealkylation sites (N-methyl/N-ethyl adjacent to an activating group) is 1. The van der Waals surface area contributed by atoms with Gasteiger partial charge in [0.05, 0.1) is 18.2 Å². The van der Waals surface area contributed by atoms with Gasteiger partial charge in [0, 0.05) is 24.7 Å². The SMILES string of the molecule is CCN(c1ccc2cc(N)ccc2n1)C(C)COC. The van der Waals surface area contributed by atoms with Crippen molar-refractivity contribution in [1.29, 1.82) is 0 Å². The van der Waals surface area contributed by atoms with E-state index in [1.54, 1.807) is 7.11 Å². The van der Waals surface area contributed by atoms with Crippen LogP contribution in [0.1, 0.15) is 13.8 Å². The largest absolute Gasteiger partial charge is 0.399 e. The Morgan fingerprint density at radius 3 is 2.79 bits per heavy atom. The van der Waals surface area contributed by atoms with E-state index >= 15 is 0 Å². The molecule has 102 valence electrons. The minimum atomic E-state index is 0.300. The Morgan fingerprint density at radius 2 is 2.11 bits per heavy atom. The molecule has 0 radical (unpaired) electrons. The average Bonchev–Trinajstić information content (AvgIpc) is 2.40. The summed E-state index contributed by atoms with van der Waals surface area (Å²) in [6.07, 6.45) is 0. The van der Waals surface area contributed by atoms with Crippen molar-refractivity contribution in [2.24, 2.45) is 0 Å². The van der Waals surface area contributed by atoms with E-state index in [0.29, 0.717) is 12.6 Å². The molecule has 2 N–H and O–H groups in total. The fraction of sp³-hybridized carbons (Fsp3) is 0.400. The van der Waals surface area contributed by atoms with Crippen molar-refractivity contribution in [2.45, 2.75) is 19.9 Å². The molecule has 0 saturated heterocycles. The number of nitrogens with two attached hydrogens (primary N) is 1. The summed E-state index contributed by atoms with van der Waals surface area (Å²) < 4.78 is 5.23. The average molecular weight is 259 g/mol. The summed E-state index contributed by atoms with van der Waals surface area (Å²) in [6.45, 7) is 5.86. The zero-order chi connectivity index (χ0) is 13.8. The van der Waals surface area contributed by atoms with Gasteiger partial charge < -0.3 is 15.4 Å². The van der Waals surface area contributed by atoms with Crippen LogP contribution >= 0.6 is 0 Å². The molecule has 0 aliphatic carbocycles. The number of methoxy groups -OCH3 is 1. The molecule has 2 rings (SSSR count). The number of benzene rings is 1. The van der Waals surface area contributed by atoms with E-state index in [9.17, 15) is 0 Å². The first-order valence-electron chi connectivity index (χ1n) is 6.57. The van der Waals surface area contributed by atoms with Gasteiger partial charge in [0.15, 0.2) is 0 Å². The van der Waals surface area contributed by atoms with Gasteiger partial charge in [-0.15, -0.1) is 0 Å². The molecule has 0 fully saturated rings. The number of anilines is 2. The van der Waals surface area contributed by atoms with E-state index in [2.05, 4.69) is 24.8 Å². The molecule has 1 heterocycles. The van der Waals surface area contributed by atoms with E-state index in [-0.39, 0.29) is 0 Å². The van der Waals surface area contributed by atoms with Crippen LogP contribution in [0, 0.1) is 0 Å². The van der Waals surface area contributed by atoms with Gasteiger partial charge in [-0.05, 0) is 44.2 Å². The van der Waals surface area contributed by atoms with Crippen molar-refractivity contribution in [3.63, 3.8) is 0 Å². The van der Waals surface area contributed by atoms with Crippen LogP contribution in [0.15, 0.2) is 30.3 Å². The second-order valence-electron chi connectivity index (χ2n) is 4.71. The minimum Gasteiger partial charge on any atom is -0.399 e. The lowest BCUT2D eigenvalue weighted by Crippen LogP contribution is -2.36. The number of hydrogen-bond acceptors (Lipinski definition) is 4. The van der Waals surface area contributed by atoms with Crippen LogP contribution in [0.25, 0.3) is 10.9 Å². The van der Waals surface area contributed by atoms with Crippen molar-refractivity contribution in [2.75, 3.05) is 30.9 Å². The van der Waals surface area contributed by atoms with E-state index in [4.69, 9.17) is 15.5 Å². The molecule has 4 nitrogen and oxygen atoms in total. The fourth-order valence-electron chi connectivity index (χ4n) is 2.32. The maximum absolute atomic E-state index is 5.78. The van der Waals surface area contributed by atoms with Gasteiger partial charge in [-0.1, -0.05) is 0 Å². The Hall–Kier alpha value is -1.81. The van der Waals surface area contributed by atoms with E-state index in [1.165, 1.54) is 0 Å². The normalized spacial score (nSPS) is 12.6. The lowest BCUT2D eigenvalue weighted by molar-refractivity contribution is 0.181. The molecular weight excluding hydrogens is 238 g/mol. The molecule has 0 spiro atoms. The summed E-state index contributed by atoms with van der Waals surface area (Å²) in [5, 5.41) is 1.07. The van der Waals surface area contributed by atoms with Crippen LogP contribution in [0.4, 0.5) is 11.5 Å². The summed E-state index contributed by atoms with van der Waals surface area (Å²) in [6, 6.07) is 10.2. The molecule has 0 aliphatic rings. The van der Waals surface area contributed by atoms with Gasteiger partial charge in [0.1, 0.15) is 5.82 Å². The third-order valence-corrected chi connectivity index (χ3v) is 3.27. The van der Waals surface area contributed by atoms with Gasteiger partial charge in [-0.25, -0.2) is 4.98 Å². The molecule has 2 aromatic rings. The molecular formula is C15H21N3O. The van der Waals surface area contributed by atoms with Crippen molar-refractivity contribution in [3.05, 3.63) is 30.3 Å². The van der Waals surface area contributed by atoms with Crippen molar-refractivity contribution >= 4 is 22.4 Å². The standard InChI is InChI=1S/C15H21N3O/c1-4-18(11(2)10-19-3)15-8-5-12-9-13(16)6-7-14(12)17-15/h5-9,11H,4,10,16H2,1-3H3. The summed E-state index contributed by atoms with van der Waals surface area (Å²) in [5.74, 6) is 0.976. The molecule has 1 unspecified atom stereocenters. The van der Waals surface area contributed by atoms with E-state index in [1.807, 2.05) is 24.3 Å². The Kier molecular flexibility index (Phi) is 4.22. The Bertz CT molecular complexity index is 556. The fourth-order valence-corrected chi connectivity index (χ4v) is 2.32. The molecule has 1 atom stereocenters. The number of nitrogens with zero attached hydrogens (tertiary/aromatic N) is 2. The Labute approximate surface area is 114 Å². The quantitative estimate of drug-likeness (QED) is 0.839. The van der Waals surface area contributed by atoms with E-state index < -0.39 is 0 Å². The monoisotopic (exact) mass is 259 g/mol. The highest BCUT2D eigenvalue weighted by molar-refractivity contribution is 5.83. The van der Waals surface area contributed by atoms with Gasteiger partial charge in [0.25, 0.3) is 0 Å². The number of nitrogen functional groups attached to an aromatic ring is 1. The van der Waals surface area contributed by atoms with Crippen molar-refractivity contribution < 1.29 is 4.74 Å². The van der Waals surface area contributed by atoms with Crippen LogP contribution in [-0.4, -0.2) is 31.3 Å². The lowest BCUT2D eigenvalue weighted by atomic mass is 10.2. The minimum absolute atomic E-state index is 0.300. The molecule has 4 heteroatoms. The maximum Gasteiger partial charge on any atom is 0.129 e. The van der Waals surface area contributed by atoms with Crippen LogP contribution in [0.3, 0.4) is 0 Å². The molecule has 0 bridgehead atoms. The Morgan fingerprint density at radius 1 is 1.32 bits per heavy atom. The maximum atomic E-state index is 5.78. The number of rotatable bonds is 5. The first kappa shape index (κ1) is 13.6. The molecule has 1 aromatic heterocycles. The highest BCUT2D eigenvalue weighted by atomic mass is 16.5. The zero-order valence-electron chi connectivity index (χ0n) is 11.8. The first-order valence-corrected chi connectivity index (χ1v) is 6.57. The third kappa shape index (κ3) is 2.96. The molecule has 0 amide bonds. The summed E-state index contributed by atoms with van der Waals surface area (Å²) in [4.78, 5) is 6.94. The van der Waals surface area contributed by atoms with Crippen LogP contribution in [0.2, 0.25) is 0 Å². The Balaban J connectivity index is 2.35. The second kappa shape index (κ2) is 5.89. The van der Waals surface area contributed by atoms with Gasteiger partial charge >= 0.3 is 0 Å². The number of aromatic nitrogens is 1. The van der Waals surface area contributed by atoms with Crippen molar-refractivity contribution in [3.8, 4) is 0 Å². The number of pyridine rings is 1. The van der Waals surface area contributed by atoms with Crippen LogP contribution in [0.5, 0.6) is 0 Å². The molecule has 19 heavy (non-hydrogen) atoms. The number of ether oxygens (including phenoxy) is 1. The highest BCUT2D eigenvalue weighted by Gasteiger charge is 2.14. The van der Waals surface area contributed by atoms with Crippen LogP contribution in [-0.2, 0) is 4.74 Å². The summed E-state index contributed by atoms with van der Waals surface area (Å²) >= 11 is 0. The number of hydrogen-bond donors (Lipinski definition) is 1.